The van der Waals surface area contributed by atoms with Gasteiger partial charge in [-0.05, 0) is 177 Å². The van der Waals surface area contributed by atoms with Gasteiger partial charge in [0.2, 0.25) is 0 Å². The minimum Gasteiger partial charge on any atom is -0.307 e. The Morgan fingerprint density at radius 2 is 0.607 bits per heavy atom. The van der Waals surface area contributed by atoms with Crippen LogP contribution in [-0.4, -0.2) is 9.13 Å². The SMILES string of the molecule is N#Cc1cc(C#N)cc(-c2ccc3c4ccc5cc4n(c3c2)-c2cc(C#N)c(-c3cc(C(F)(F)F)cc(C(F)(F)F)c3)cc2-n2c3cc(-c4cc(C#N)cc(C#N)c4)ccc3c3ccc(cc32)C5(c2cc(C#N)cc(C#N)c2)c2cc(C#N)cc(C#N)c2)c1. The highest BCUT2D eigenvalue weighted by atomic mass is 19.4. The zero-order chi connectivity index (χ0) is 62.4. The van der Waals surface area contributed by atoms with Gasteiger partial charge in [-0.2, -0.15) is 73.7 Å². The number of halogens is 6. The molecule has 1 aliphatic heterocycles. The molecule has 13 rings (SSSR count). The van der Waals surface area contributed by atoms with Gasteiger partial charge < -0.3 is 9.13 Å². The lowest BCUT2D eigenvalue weighted by atomic mass is 9.64. The Bertz CT molecular complexity index is 5380. The highest BCUT2D eigenvalue weighted by molar-refractivity contribution is 6.13. The highest BCUT2D eigenvalue weighted by Gasteiger charge is 2.42. The summed E-state index contributed by atoms with van der Waals surface area (Å²) in [4.78, 5) is 0. The molecule has 10 aromatic carbocycles. The smallest absolute Gasteiger partial charge is 0.307 e. The summed E-state index contributed by atoms with van der Waals surface area (Å²) < 4.78 is 92.9. The van der Waals surface area contributed by atoms with Crippen molar-refractivity contribution in [3.05, 3.63) is 259 Å². The van der Waals surface area contributed by atoms with Crippen LogP contribution >= 0.6 is 0 Å². The molecule has 0 saturated heterocycles. The van der Waals surface area contributed by atoms with E-state index in [1.54, 1.807) is 100 Å². The average molecular weight is 1160 g/mol. The topological polar surface area (TPSA) is 224 Å². The molecule has 17 heteroatoms. The van der Waals surface area contributed by atoms with Crippen LogP contribution in [0.25, 0.3) is 88.4 Å². The molecule has 0 N–H and O–H groups in total. The zero-order valence-electron chi connectivity index (χ0n) is 45.4. The van der Waals surface area contributed by atoms with Crippen molar-refractivity contribution in [1.82, 2.24) is 9.13 Å². The van der Waals surface area contributed by atoms with Crippen molar-refractivity contribution in [2.24, 2.45) is 0 Å². The van der Waals surface area contributed by atoms with E-state index in [1.807, 2.05) is 30.3 Å². The van der Waals surface area contributed by atoms with Crippen LogP contribution in [0.15, 0.2) is 176 Å². The Labute approximate surface area is 500 Å². The van der Waals surface area contributed by atoms with E-state index >= 15 is 0 Å². The maximum atomic E-state index is 14.9. The fraction of sp³-hybridized carbons (Fsp3) is 0.0417. The number of alkyl halides is 6. The van der Waals surface area contributed by atoms with Crippen molar-refractivity contribution >= 4 is 43.6 Å². The molecular weight excluding hydrogens is 1130 g/mol. The molecule has 2 aromatic heterocycles. The van der Waals surface area contributed by atoms with E-state index in [9.17, 15) is 73.7 Å². The van der Waals surface area contributed by atoms with Crippen LogP contribution in [0.3, 0.4) is 0 Å². The van der Waals surface area contributed by atoms with Gasteiger partial charge in [0, 0.05) is 27.1 Å². The van der Waals surface area contributed by atoms with Crippen molar-refractivity contribution in [3.63, 3.8) is 0 Å². The first-order chi connectivity index (χ1) is 42.8. The third-order valence-electron chi connectivity index (χ3n) is 16.3. The van der Waals surface area contributed by atoms with Crippen LogP contribution in [0.5, 0.6) is 0 Å². The van der Waals surface area contributed by atoms with E-state index in [2.05, 4.69) is 54.6 Å². The van der Waals surface area contributed by atoms with E-state index in [4.69, 9.17) is 0 Å². The summed E-state index contributed by atoms with van der Waals surface area (Å²) in [5, 5.41) is 96.8. The number of hydrogen-bond acceptors (Lipinski definition) is 9. The van der Waals surface area contributed by atoms with Crippen LogP contribution < -0.4 is 0 Å². The first-order valence-corrected chi connectivity index (χ1v) is 26.8. The van der Waals surface area contributed by atoms with E-state index in [1.165, 1.54) is 36.4 Å². The molecule has 12 aromatic rings. The molecular formula is C72H29F6N11. The minimum atomic E-state index is -5.29. The second-order valence-electron chi connectivity index (χ2n) is 21.2. The summed E-state index contributed by atoms with van der Waals surface area (Å²) in [7, 11) is 0. The molecule has 0 radical (unpaired) electrons. The predicted octanol–water partition coefficient (Wildman–Crippen LogP) is 16.5. The summed E-state index contributed by atoms with van der Waals surface area (Å²) in [6.45, 7) is 0. The number of fused-ring (bicyclic) bond motifs is 11. The third-order valence-corrected chi connectivity index (χ3v) is 16.3. The van der Waals surface area contributed by atoms with Gasteiger partial charge >= 0.3 is 12.4 Å². The van der Waals surface area contributed by atoms with E-state index < -0.39 is 34.5 Å². The van der Waals surface area contributed by atoms with Crippen molar-refractivity contribution in [3.8, 4) is 99.4 Å². The Kier molecular flexibility index (Phi) is 12.5. The van der Waals surface area contributed by atoms with Crippen LogP contribution in [0, 0.1) is 102 Å². The Balaban J connectivity index is 1.31. The van der Waals surface area contributed by atoms with Crippen molar-refractivity contribution in [2.75, 3.05) is 0 Å². The molecule has 0 aliphatic carbocycles. The van der Waals surface area contributed by atoms with E-state index in [-0.39, 0.29) is 73.1 Å². The molecule has 11 nitrogen and oxygen atoms in total. The quantitative estimate of drug-likeness (QED) is 0.149. The van der Waals surface area contributed by atoms with Gasteiger partial charge in [-0.3, -0.25) is 0 Å². The number of hydrogen-bond donors (Lipinski definition) is 0. The second-order valence-corrected chi connectivity index (χ2v) is 21.2. The van der Waals surface area contributed by atoms with Gasteiger partial charge in [0.25, 0.3) is 0 Å². The molecule has 0 amide bonds. The predicted molar refractivity (Wildman–Crippen MR) is 316 cm³/mol. The van der Waals surface area contributed by atoms with Gasteiger partial charge in [-0.1, -0.05) is 48.5 Å². The van der Waals surface area contributed by atoms with E-state index in [0.717, 1.165) is 0 Å². The monoisotopic (exact) mass is 1160 g/mol. The Morgan fingerprint density at radius 1 is 0.281 bits per heavy atom. The van der Waals surface area contributed by atoms with Gasteiger partial charge in [0.05, 0.1) is 155 Å². The molecule has 4 bridgehead atoms. The summed E-state index contributed by atoms with van der Waals surface area (Å²) in [5.74, 6) is 0. The van der Waals surface area contributed by atoms with Crippen molar-refractivity contribution < 1.29 is 26.3 Å². The number of nitriles is 9. The zero-order valence-corrected chi connectivity index (χ0v) is 45.4. The largest absolute Gasteiger partial charge is 0.416 e. The lowest BCUT2D eigenvalue weighted by Gasteiger charge is -2.37. The number of benzene rings is 10. The molecule has 414 valence electrons. The molecule has 89 heavy (non-hydrogen) atoms. The van der Waals surface area contributed by atoms with Crippen molar-refractivity contribution in [1.29, 1.82) is 47.4 Å². The van der Waals surface area contributed by atoms with Crippen LogP contribution in [0.2, 0.25) is 0 Å². The molecule has 0 saturated carbocycles. The summed E-state index contributed by atoms with van der Waals surface area (Å²) in [6, 6.07) is 63.1. The summed E-state index contributed by atoms with van der Waals surface area (Å²) >= 11 is 0. The first-order valence-electron chi connectivity index (χ1n) is 26.8. The van der Waals surface area contributed by atoms with Crippen LogP contribution in [-0.2, 0) is 17.8 Å². The third kappa shape index (κ3) is 8.75. The normalized spacial score (nSPS) is 12.1. The van der Waals surface area contributed by atoms with Gasteiger partial charge in [-0.25, -0.2) is 0 Å². The molecule has 0 atom stereocenters. The number of nitrogens with zero attached hydrogens (tertiary/aromatic N) is 11. The second kappa shape index (κ2) is 20.3. The molecule has 0 unspecified atom stereocenters. The maximum absolute atomic E-state index is 14.9. The molecule has 3 heterocycles. The summed E-state index contributed by atoms with van der Waals surface area (Å²) in [6.07, 6.45) is -10.6. The standard InChI is InChI=1S/C72H29F6N11/c73-71(74,75)57-21-51(22-58(26-57)72(76,77)78)63-29-69-68(25-52(63)38-87)88-64-23-47(49-13-39(30-79)9-40(14-49)31-80)1-5-59(64)61-7-3-53(27-66(61)88)70(55-17-43(34-83)11-44(18-55)35-84,56-19-45(36-85)12-46(20-56)37-86)54-4-8-62-60-6-2-48(24-65(60)89(69)67(62)28-54)50-15-41(32-81)10-42(16-50)33-82/h1-29H. The first kappa shape index (κ1) is 55.0. The fourth-order valence-corrected chi connectivity index (χ4v) is 12.6. The molecule has 0 spiro atoms. The minimum absolute atomic E-state index is 0.00145. The van der Waals surface area contributed by atoms with Crippen LogP contribution in [0.1, 0.15) is 83.5 Å². The van der Waals surface area contributed by atoms with Crippen molar-refractivity contribution in [2.45, 2.75) is 17.8 Å². The van der Waals surface area contributed by atoms with Crippen LogP contribution in [0.4, 0.5) is 26.3 Å². The van der Waals surface area contributed by atoms with Gasteiger partial charge in [-0.15, -0.1) is 0 Å². The Hall–Kier alpha value is -13.2. The lowest BCUT2D eigenvalue weighted by Crippen LogP contribution is -2.31. The molecule has 1 aliphatic rings. The van der Waals surface area contributed by atoms with Gasteiger partial charge in [0.15, 0.2) is 0 Å². The Morgan fingerprint density at radius 3 is 0.944 bits per heavy atom. The number of rotatable bonds is 5. The average Bonchev–Trinajstić information content (AvgIpc) is 1.67. The van der Waals surface area contributed by atoms with Gasteiger partial charge in [0.1, 0.15) is 0 Å². The maximum Gasteiger partial charge on any atom is 0.416 e. The molecule has 0 fully saturated rings. The summed E-state index contributed by atoms with van der Waals surface area (Å²) in [5.41, 5.74) is -0.234. The fourth-order valence-electron chi connectivity index (χ4n) is 12.6. The van der Waals surface area contributed by atoms with E-state index in [0.29, 0.717) is 100 Å². The number of aromatic nitrogens is 2. The lowest BCUT2D eigenvalue weighted by molar-refractivity contribution is -0.143. The highest BCUT2D eigenvalue weighted by Crippen LogP contribution is 2.52.